The zero-order chi connectivity index (χ0) is 64.3. The fourth-order valence-electron chi connectivity index (χ4n) is 8.05. The van der Waals surface area contributed by atoms with Crippen LogP contribution in [-0.4, -0.2) is 79.6 Å². The third kappa shape index (κ3) is 15.1. The molecular weight excluding hydrogens is 1250 g/mol. The van der Waals surface area contributed by atoms with E-state index in [1.807, 2.05) is 24.3 Å². The van der Waals surface area contributed by atoms with E-state index in [1.165, 1.54) is 101 Å². The summed E-state index contributed by atoms with van der Waals surface area (Å²) in [5, 5.41) is 20.4. The molecule has 0 aliphatic heterocycles. The number of aromatic nitrogens is 15. The molecule has 1 aromatic carbocycles. The van der Waals surface area contributed by atoms with Gasteiger partial charge in [-0.15, -0.1) is 15.3 Å². The van der Waals surface area contributed by atoms with Crippen LogP contribution in [0, 0.1) is 17.5 Å². The number of hydrogen-bond donors (Lipinski definition) is 4. The van der Waals surface area contributed by atoms with Crippen molar-refractivity contribution in [1.82, 2.24) is 73.7 Å². The van der Waals surface area contributed by atoms with E-state index in [-0.39, 0.29) is 90.8 Å². The molecule has 5 N–H and O–H groups in total. The number of amides is 1. The fourth-order valence-corrected chi connectivity index (χ4v) is 8.37. The van der Waals surface area contributed by atoms with Crippen LogP contribution < -0.4 is 26.4 Å². The number of carbonyl (C=O) groups excluding carboxylic acids is 1. The number of nitrogens with one attached hydrogen (secondary N) is 3. The molecule has 32 heteroatoms. The number of carbonyl (C=O) groups is 1. The van der Waals surface area contributed by atoms with Crippen LogP contribution in [0.1, 0.15) is 43.3 Å². The molecular formula is C59H40Cl2F9N19O2. The summed E-state index contributed by atoms with van der Waals surface area (Å²) in [6.07, 6.45) is 0.918. The highest BCUT2D eigenvalue weighted by molar-refractivity contribution is 6.30. The topological polar surface area (TPSA) is 256 Å². The maximum absolute atomic E-state index is 14.7. The molecule has 0 fully saturated rings. The summed E-state index contributed by atoms with van der Waals surface area (Å²) in [6.45, 7) is 1.24. The number of ether oxygens (including phenoxy) is 1. The van der Waals surface area contributed by atoms with Crippen LogP contribution in [0.2, 0.25) is 10.3 Å². The van der Waals surface area contributed by atoms with Crippen molar-refractivity contribution in [2.45, 2.75) is 26.2 Å². The van der Waals surface area contributed by atoms with E-state index in [4.69, 9.17) is 33.7 Å². The Morgan fingerprint density at radius 2 is 0.901 bits per heavy atom. The standard InChI is InChI=1S/C19H14F3N7O.C18H12F2N4O.C17H10ClF3N6.C5H4ClFN2/c1-10(30)24-19-15(20)11(7-8-23-19)26-18-14-6-3-9-29(14)28-17(27-18)13-5-2-4-12(25-13)16(21)22;19-16(20)13-8-4-9-14(21-13)17-22-18(15-10-5-11-24(15)23-17)25-12-6-2-1-3-7-12;18-14-13(19)9(6-7-22-14)24-17-12-5-2-8-27(12)26-16(25-17)11-4-1-3-10(23-11)15(20)21;6-5-4(7)3(8)1-2-9-5/h2-9,16H,1H3,(H2,23,24,26,27,28,30);1-11,16H;1-8,15H,(H,22,24,25,26);1-2H,(H2,8,9). The Labute approximate surface area is 516 Å². The Hall–Kier alpha value is -11.4. The molecule has 1 amide bonds. The number of rotatable bonds is 13. The third-order valence-corrected chi connectivity index (χ3v) is 12.7. The largest absolute Gasteiger partial charge is 0.437 e. The summed E-state index contributed by atoms with van der Waals surface area (Å²) in [6, 6.07) is 36.4. The van der Waals surface area contributed by atoms with Crippen LogP contribution in [-0.2, 0) is 4.79 Å². The molecule has 12 aromatic heterocycles. The van der Waals surface area contributed by atoms with Gasteiger partial charge in [0, 0.05) is 44.1 Å². The van der Waals surface area contributed by atoms with Gasteiger partial charge >= 0.3 is 0 Å². The van der Waals surface area contributed by atoms with Crippen molar-refractivity contribution in [3.63, 3.8) is 0 Å². The van der Waals surface area contributed by atoms with E-state index >= 15 is 0 Å². The first-order valence-electron chi connectivity index (χ1n) is 26.2. The van der Waals surface area contributed by atoms with Crippen molar-refractivity contribution in [3.8, 4) is 46.2 Å². The van der Waals surface area contributed by atoms with Gasteiger partial charge in [-0.05, 0) is 103 Å². The molecule has 12 heterocycles. The molecule has 0 atom stereocenters. The van der Waals surface area contributed by atoms with Crippen LogP contribution in [0.15, 0.2) is 177 Å². The van der Waals surface area contributed by atoms with Gasteiger partial charge in [0.1, 0.15) is 56.5 Å². The summed E-state index contributed by atoms with van der Waals surface area (Å²) in [5.74, 6) is -1.09. The Kier molecular flexibility index (Phi) is 19.4. The number of benzene rings is 1. The van der Waals surface area contributed by atoms with E-state index < -0.39 is 48.3 Å². The van der Waals surface area contributed by atoms with Crippen molar-refractivity contribution in [2.75, 3.05) is 21.7 Å². The molecule has 0 spiro atoms. The lowest BCUT2D eigenvalue weighted by atomic mass is 10.3. The molecule has 13 rings (SSSR count). The van der Waals surface area contributed by atoms with Crippen LogP contribution in [0.25, 0.3) is 51.1 Å². The van der Waals surface area contributed by atoms with E-state index in [0.717, 1.165) is 0 Å². The summed E-state index contributed by atoms with van der Waals surface area (Å²) >= 11 is 11.0. The molecule has 0 aliphatic carbocycles. The molecule has 0 unspecified atom stereocenters. The zero-order valence-electron chi connectivity index (χ0n) is 46.2. The van der Waals surface area contributed by atoms with Gasteiger partial charge in [-0.25, -0.2) is 92.9 Å². The highest BCUT2D eigenvalue weighted by Gasteiger charge is 2.20. The minimum atomic E-state index is -2.74. The van der Waals surface area contributed by atoms with Gasteiger partial charge in [-0.1, -0.05) is 59.6 Å². The summed E-state index contributed by atoms with van der Waals surface area (Å²) in [7, 11) is 0. The number of fused-ring (bicyclic) bond motifs is 3. The maximum atomic E-state index is 14.7. The van der Waals surface area contributed by atoms with Gasteiger partial charge in [-0.3, -0.25) is 4.79 Å². The second kappa shape index (κ2) is 28.2. The SMILES string of the molecule is CC(=O)Nc1nccc(Nc2nc(-c3cccc(C(F)F)n3)nn3cccc23)c1F.FC(F)c1cccc(-c2nc(Oc3ccccc3)c3cccn3n2)n1.Fc1c(Nc2nc(-c3cccc(C(F)F)n3)nn3cccc23)ccnc1Cl.Nc1ccnc(Cl)c1F. The van der Waals surface area contributed by atoms with E-state index in [1.54, 1.807) is 71.6 Å². The first kappa shape index (κ1) is 62.6. The van der Waals surface area contributed by atoms with Gasteiger partial charge in [0.25, 0.3) is 19.3 Å². The molecule has 0 saturated carbocycles. The van der Waals surface area contributed by atoms with Gasteiger partial charge in [-0.2, -0.15) is 4.98 Å². The third-order valence-electron chi connectivity index (χ3n) is 12.2. The average molecular weight is 1290 g/mol. The van der Waals surface area contributed by atoms with Crippen LogP contribution >= 0.6 is 23.2 Å². The van der Waals surface area contributed by atoms with Gasteiger partial charge in [0.2, 0.25) is 29.3 Å². The first-order chi connectivity index (χ1) is 43.9. The lowest BCUT2D eigenvalue weighted by molar-refractivity contribution is -0.114. The van der Waals surface area contributed by atoms with Crippen LogP contribution in [0.5, 0.6) is 11.6 Å². The average Bonchev–Trinajstić information content (AvgIpc) is 1.83. The highest BCUT2D eigenvalue weighted by Crippen LogP contribution is 2.32. The number of alkyl halides is 6. The van der Waals surface area contributed by atoms with Crippen molar-refractivity contribution in [1.29, 1.82) is 0 Å². The molecule has 460 valence electrons. The Morgan fingerprint density at radius 3 is 1.36 bits per heavy atom. The Morgan fingerprint density at radius 1 is 0.473 bits per heavy atom. The number of nitrogens with two attached hydrogens (primary N) is 1. The Balaban J connectivity index is 0.000000140. The van der Waals surface area contributed by atoms with Crippen LogP contribution in [0.4, 0.5) is 74.0 Å². The van der Waals surface area contributed by atoms with Crippen LogP contribution in [0.3, 0.4) is 0 Å². The van der Waals surface area contributed by atoms with Gasteiger partial charge < -0.3 is 26.4 Å². The smallest absolute Gasteiger partial charge is 0.280 e. The molecule has 0 radical (unpaired) electrons. The molecule has 0 aliphatic rings. The molecule has 91 heavy (non-hydrogen) atoms. The number of halogens is 11. The predicted octanol–water partition coefficient (Wildman–Crippen LogP) is 14.6. The summed E-state index contributed by atoms with van der Waals surface area (Å²) < 4.78 is 129. The van der Waals surface area contributed by atoms with Gasteiger partial charge in [0.15, 0.2) is 45.2 Å². The lowest BCUT2D eigenvalue weighted by Crippen LogP contribution is -2.11. The normalized spacial score (nSPS) is 11.0. The fraction of sp³-hybridized carbons (Fsp3) is 0.0678. The molecule has 13 aromatic rings. The second-order valence-corrected chi connectivity index (χ2v) is 19.1. The highest BCUT2D eigenvalue weighted by atomic mass is 35.5. The Bertz CT molecular complexity index is 4700. The number of nitrogens with zero attached hydrogens (tertiary/aromatic N) is 15. The zero-order valence-corrected chi connectivity index (χ0v) is 47.7. The van der Waals surface area contributed by atoms with Crippen molar-refractivity contribution in [3.05, 3.63) is 222 Å². The quantitative estimate of drug-likeness (QED) is 0.0618. The van der Waals surface area contributed by atoms with E-state index in [0.29, 0.717) is 28.2 Å². The molecule has 0 saturated heterocycles. The maximum Gasteiger partial charge on any atom is 0.280 e. The number of nitrogen functional groups attached to an aromatic ring is 1. The van der Waals surface area contributed by atoms with E-state index in [9.17, 15) is 44.3 Å². The van der Waals surface area contributed by atoms with Crippen molar-refractivity contribution in [2.24, 2.45) is 0 Å². The first-order valence-corrected chi connectivity index (χ1v) is 27.0. The monoisotopic (exact) mass is 1290 g/mol. The van der Waals surface area contributed by atoms with E-state index in [2.05, 4.69) is 76.1 Å². The number of hydrogen-bond acceptors (Lipinski definition) is 17. The molecule has 21 nitrogen and oxygen atoms in total. The van der Waals surface area contributed by atoms with Gasteiger partial charge in [0.05, 0.1) is 17.1 Å². The number of para-hydroxylation sites is 1. The second-order valence-electron chi connectivity index (χ2n) is 18.4. The summed E-state index contributed by atoms with van der Waals surface area (Å²) in [4.78, 5) is 46.9. The minimum Gasteiger partial charge on any atom is -0.437 e. The summed E-state index contributed by atoms with van der Waals surface area (Å²) in [5.41, 5.74) is 6.41. The predicted molar refractivity (Wildman–Crippen MR) is 318 cm³/mol. The number of anilines is 6. The number of pyridine rings is 6. The molecule has 0 bridgehead atoms. The lowest BCUT2D eigenvalue weighted by Gasteiger charge is -2.12. The van der Waals surface area contributed by atoms with Crippen molar-refractivity contribution < 1.29 is 49.0 Å². The minimum absolute atomic E-state index is 0.00999. The van der Waals surface area contributed by atoms with Crippen molar-refractivity contribution >= 4 is 80.2 Å².